The zero-order chi connectivity index (χ0) is 9.26. The molecule has 0 saturated heterocycles. The average molecular weight is 179 g/mol. The normalized spacial score (nSPS) is 13.4. The second kappa shape index (κ2) is 3.16. The van der Waals surface area contributed by atoms with Crippen molar-refractivity contribution in [3.8, 4) is 0 Å². The minimum atomic E-state index is -0.984. The van der Waals surface area contributed by atoms with Crippen molar-refractivity contribution < 1.29 is 14.3 Å². The van der Waals surface area contributed by atoms with Crippen molar-refractivity contribution in [3.05, 3.63) is 30.3 Å². The van der Waals surface area contributed by atoms with Crippen LogP contribution in [-0.2, 0) is 4.74 Å². The van der Waals surface area contributed by atoms with E-state index in [2.05, 4.69) is 4.98 Å². The number of aliphatic hydroxyl groups is 1. The number of aliphatic hydroxyl groups excluding tert-OH is 1. The first kappa shape index (κ1) is 8.22. The van der Waals surface area contributed by atoms with Crippen LogP contribution in [0.4, 0.5) is 0 Å². The van der Waals surface area contributed by atoms with E-state index in [1.165, 1.54) is 13.3 Å². The van der Waals surface area contributed by atoms with Gasteiger partial charge in [0.2, 0.25) is 0 Å². The first-order valence-corrected chi connectivity index (χ1v) is 3.85. The monoisotopic (exact) mass is 179 g/mol. The zero-order valence-electron chi connectivity index (χ0n) is 7.10. The number of furan rings is 1. The topological polar surface area (TPSA) is 55.5 Å². The zero-order valence-corrected chi connectivity index (χ0v) is 7.10. The molecule has 2 rings (SSSR count). The van der Waals surface area contributed by atoms with Crippen molar-refractivity contribution in [2.24, 2.45) is 0 Å². The molecule has 0 aliphatic rings. The summed E-state index contributed by atoms with van der Waals surface area (Å²) in [6.07, 6.45) is 3.77. The van der Waals surface area contributed by atoms with Gasteiger partial charge in [0.05, 0.1) is 11.8 Å². The highest BCUT2D eigenvalue weighted by Crippen LogP contribution is 2.23. The number of hydrogen-bond donors (Lipinski definition) is 1. The highest BCUT2D eigenvalue weighted by Gasteiger charge is 2.12. The molecule has 0 radical (unpaired) electrons. The lowest BCUT2D eigenvalue weighted by atomic mass is 10.2. The van der Waals surface area contributed by atoms with Crippen molar-refractivity contribution >= 4 is 11.0 Å². The minimum Gasteiger partial charge on any atom is -0.464 e. The first-order chi connectivity index (χ1) is 6.33. The van der Waals surface area contributed by atoms with Crippen LogP contribution >= 0.6 is 0 Å². The molecule has 1 atom stereocenters. The third-order valence-corrected chi connectivity index (χ3v) is 1.87. The van der Waals surface area contributed by atoms with E-state index in [-0.39, 0.29) is 0 Å². The Morgan fingerprint density at radius 3 is 3.15 bits per heavy atom. The molecule has 2 aromatic rings. The van der Waals surface area contributed by atoms with E-state index >= 15 is 0 Å². The Hall–Kier alpha value is -1.39. The lowest BCUT2D eigenvalue weighted by molar-refractivity contribution is -0.0765. The van der Waals surface area contributed by atoms with Crippen LogP contribution in [0.5, 0.6) is 0 Å². The van der Waals surface area contributed by atoms with Crippen LogP contribution in [0.25, 0.3) is 11.0 Å². The highest BCUT2D eigenvalue weighted by molar-refractivity contribution is 5.79. The molecule has 0 saturated carbocycles. The molecule has 1 N–H and O–H groups in total. The Labute approximate surface area is 74.8 Å². The molecule has 0 aliphatic carbocycles. The number of ether oxygens (including phenoxy) is 1. The standard InChI is InChI=1S/C9H9NO3/c1-12-9(11)7-5-10-4-6-2-3-13-8(6)7/h2-5,9,11H,1H3. The summed E-state index contributed by atoms with van der Waals surface area (Å²) in [4.78, 5) is 3.95. The molecule has 13 heavy (non-hydrogen) atoms. The van der Waals surface area contributed by atoms with Gasteiger partial charge >= 0.3 is 0 Å². The summed E-state index contributed by atoms with van der Waals surface area (Å²) in [6, 6.07) is 1.79. The highest BCUT2D eigenvalue weighted by atomic mass is 16.6. The van der Waals surface area contributed by atoms with Crippen LogP contribution in [-0.4, -0.2) is 17.2 Å². The molecule has 4 nitrogen and oxygen atoms in total. The number of rotatable bonds is 2. The summed E-state index contributed by atoms with van der Waals surface area (Å²) in [5.41, 5.74) is 1.16. The van der Waals surface area contributed by atoms with E-state index in [0.717, 1.165) is 5.39 Å². The number of nitrogens with zero attached hydrogens (tertiary/aromatic N) is 1. The van der Waals surface area contributed by atoms with Gasteiger partial charge in [-0.3, -0.25) is 4.98 Å². The summed E-state index contributed by atoms with van der Waals surface area (Å²) < 4.78 is 9.96. The number of fused-ring (bicyclic) bond motifs is 1. The molecule has 0 aromatic carbocycles. The lowest BCUT2D eigenvalue weighted by Gasteiger charge is -2.07. The van der Waals surface area contributed by atoms with Gasteiger partial charge in [0, 0.05) is 24.9 Å². The van der Waals surface area contributed by atoms with Gasteiger partial charge in [-0.25, -0.2) is 0 Å². The molecule has 1 unspecified atom stereocenters. The predicted octanol–water partition coefficient (Wildman–Crippen LogP) is 1.47. The molecule has 0 bridgehead atoms. The molecular weight excluding hydrogens is 170 g/mol. The van der Waals surface area contributed by atoms with Crippen LogP contribution in [0.2, 0.25) is 0 Å². The quantitative estimate of drug-likeness (QED) is 0.709. The number of hydrogen-bond acceptors (Lipinski definition) is 4. The molecular formula is C9H9NO3. The third-order valence-electron chi connectivity index (χ3n) is 1.87. The maximum Gasteiger partial charge on any atom is 0.186 e. The van der Waals surface area contributed by atoms with Gasteiger partial charge < -0.3 is 14.3 Å². The summed E-state index contributed by atoms with van der Waals surface area (Å²) in [7, 11) is 1.42. The van der Waals surface area contributed by atoms with Gasteiger partial charge in [-0.1, -0.05) is 0 Å². The van der Waals surface area contributed by atoms with Gasteiger partial charge in [-0.2, -0.15) is 0 Å². The van der Waals surface area contributed by atoms with Crippen molar-refractivity contribution in [1.29, 1.82) is 0 Å². The Bertz CT molecular complexity index is 410. The summed E-state index contributed by atoms with van der Waals surface area (Å²) >= 11 is 0. The molecule has 0 aliphatic heterocycles. The summed E-state index contributed by atoms with van der Waals surface area (Å²) in [5.74, 6) is 0. The number of pyridine rings is 1. The molecule has 0 amide bonds. The molecule has 0 spiro atoms. The van der Waals surface area contributed by atoms with Crippen molar-refractivity contribution in [1.82, 2.24) is 4.98 Å². The Morgan fingerprint density at radius 1 is 1.54 bits per heavy atom. The van der Waals surface area contributed by atoms with E-state index < -0.39 is 6.29 Å². The minimum absolute atomic E-state index is 0.546. The second-order valence-corrected chi connectivity index (χ2v) is 2.66. The summed E-state index contributed by atoms with van der Waals surface area (Å²) in [5, 5.41) is 10.3. The van der Waals surface area contributed by atoms with E-state index in [9.17, 15) is 5.11 Å². The molecule has 2 heterocycles. The van der Waals surface area contributed by atoms with Gasteiger partial charge in [-0.15, -0.1) is 0 Å². The third kappa shape index (κ3) is 1.30. The van der Waals surface area contributed by atoms with Crippen LogP contribution in [0, 0.1) is 0 Å². The van der Waals surface area contributed by atoms with Gasteiger partial charge in [0.1, 0.15) is 5.58 Å². The maximum atomic E-state index is 9.42. The molecule has 0 fully saturated rings. The van der Waals surface area contributed by atoms with Crippen LogP contribution < -0.4 is 0 Å². The SMILES string of the molecule is COC(O)c1cncc2ccoc12. The van der Waals surface area contributed by atoms with Crippen LogP contribution in [0.1, 0.15) is 11.9 Å². The Kier molecular flexibility index (Phi) is 2.00. The maximum absolute atomic E-state index is 9.42. The van der Waals surface area contributed by atoms with Crippen molar-refractivity contribution in [2.75, 3.05) is 7.11 Å². The van der Waals surface area contributed by atoms with E-state index in [1.54, 1.807) is 18.5 Å². The van der Waals surface area contributed by atoms with Gasteiger partial charge in [0.15, 0.2) is 6.29 Å². The van der Waals surface area contributed by atoms with E-state index in [1.807, 2.05) is 0 Å². The number of methoxy groups -OCH3 is 1. The molecule has 4 heteroatoms. The van der Waals surface area contributed by atoms with Gasteiger partial charge in [0.25, 0.3) is 0 Å². The Balaban J connectivity index is 2.60. The number of aromatic nitrogens is 1. The van der Waals surface area contributed by atoms with E-state index in [0.29, 0.717) is 11.1 Å². The fraction of sp³-hybridized carbons (Fsp3) is 0.222. The van der Waals surface area contributed by atoms with Gasteiger partial charge in [-0.05, 0) is 6.07 Å². The Morgan fingerprint density at radius 2 is 2.38 bits per heavy atom. The smallest absolute Gasteiger partial charge is 0.186 e. The van der Waals surface area contributed by atoms with Crippen LogP contribution in [0.3, 0.4) is 0 Å². The average Bonchev–Trinajstić information content (AvgIpc) is 2.63. The predicted molar refractivity (Wildman–Crippen MR) is 46.0 cm³/mol. The van der Waals surface area contributed by atoms with Crippen molar-refractivity contribution in [2.45, 2.75) is 6.29 Å². The molecule has 2 aromatic heterocycles. The van der Waals surface area contributed by atoms with Crippen molar-refractivity contribution in [3.63, 3.8) is 0 Å². The summed E-state index contributed by atoms with van der Waals surface area (Å²) in [6.45, 7) is 0. The van der Waals surface area contributed by atoms with E-state index in [4.69, 9.17) is 9.15 Å². The first-order valence-electron chi connectivity index (χ1n) is 3.85. The lowest BCUT2D eigenvalue weighted by Crippen LogP contribution is -2.00. The fourth-order valence-corrected chi connectivity index (χ4v) is 1.21. The molecule has 68 valence electrons. The fourth-order valence-electron chi connectivity index (χ4n) is 1.21. The van der Waals surface area contributed by atoms with Crippen LogP contribution in [0.15, 0.2) is 29.1 Å². The largest absolute Gasteiger partial charge is 0.464 e. The second-order valence-electron chi connectivity index (χ2n) is 2.66.